The van der Waals surface area contributed by atoms with E-state index >= 15 is 0 Å². The molecule has 2 aliphatic rings. The Labute approximate surface area is 156 Å². The molecule has 0 aromatic heterocycles. The summed E-state index contributed by atoms with van der Waals surface area (Å²) in [5.41, 5.74) is 0.412. The molecule has 0 bridgehead atoms. The Morgan fingerprint density at radius 3 is 2.42 bits per heavy atom. The van der Waals surface area contributed by atoms with Gasteiger partial charge in [-0.2, -0.15) is 13.2 Å². The van der Waals surface area contributed by atoms with E-state index in [9.17, 15) is 13.2 Å². The van der Waals surface area contributed by atoms with Gasteiger partial charge in [0.15, 0.2) is 0 Å². The summed E-state index contributed by atoms with van der Waals surface area (Å²) >= 11 is 0. The highest BCUT2D eigenvalue weighted by molar-refractivity contribution is 5.28. The van der Waals surface area contributed by atoms with E-state index in [0.717, 1.165) is 36.2 Å². The summed E-state index contributed by atoms with van der Waals surface area (Å²) in [7, 11) is 0. The molecule has 26 heavy (non-hydrogen) atoms. The summed E-state index contributed by atoms with van der Waals surface area (Å²) in [4.78, 5) is 0. The van der Waals surface area contributed by atoms with Crippen LogP contribution < -0.4 is 0 Å². The normalized spacial score (nSPS) is 30.3. The van der Waals surface area contributed by atoms with E-state index in [1.54, 1.807) is 6.07 Å². The van der Waals surface area contributed by atoms with Gasteiger partial charge in [0.25, 0.3) is 0 Å². The molecule has 1 aromatic carbocycles. The molecule has 2 saturated carbocycles. The fourth-order valence-electron chi connectivity index (χ4n) is 5.37. The second kappa shape index (κ2) is 8.80. The van der Waals surface area contributed by atoms with Crippen LogP contribution in [-0.2, 0) is 6.18 Å². The van der Waals surface area contributed by atoms with Gasteiger partial charge in [-0.25, -0.2) is 0 Å². The summed E-state index contributed by atoms with van der Waals surface area (Å²) in [6.45, 7) is 2.27. The second-order valence-corrected chi connectivity index (χ2v) is 8.67. The van der Waals surface area contributed by atoms with Gasteiger partial charge in [-0.15, -0.1) is 0 Å². The van der Waals surface area contributed by atoms with Crippen LogP contribution in [0.3, 0.4) is 0 Å². The molecule has 0 spiro atoms. The summed E-state index contributed by atoms with van der Waals surface area (Å²) in [5.74, 6) is 2.76. The summed E-state index contributed by atoms with van der Waals surface area (Å²) < 4.78 is 39.1. The van der Waals surface area contributed by atoms with Crippen molar-refractivity contribution in [2.24, 2.45) is 17.8 Å². The van der Waals surface area contributed by atoms with E-state index in [0.29, 0.717) is 5.92 Å². The average Bonchev–Trinajstić information content (AvgIpc) is 2.66. The predicted molar refractivity (Wildman–Crippen MR) is 101 cm³/mol. The minimum Gasteiger partial charge on any atom is -0.166 e. The highest BCUT2D eigenvalue weighted by Gasteiger charge is 2.34. The van der Waals surface area contributed by atoms with Gasteiger partial charge < -0.3 is 0 Å². The third-order valence-corrected chi connectivity index (χ3v) is 6.92. The number of hydrogen-bond donors (Lipinski definition) is 0. The zero-order chi connectivity index (χ0) is 18.6. The maximum Gasteiger partial charge on any atom is 0.416 e. The van der Waals surface area contributed by atoms with Gasteiger partial charge in [-0.1, -0.05) is 70.1 Å². The Bertz CT molecular complexity index is 555. The first-order chi connectivity index (χ1) is 12.5. The lowest BCUT2D eigenvalue weighted by Crippen LogP contribution is -2.26. The van der Waals surface area contributed by atoms with Crippen LogP contribution in [0.2, 0.25) is 0 Å². The Hall–Kier alpha value is -0.990. The van der Waals surface area contributed by atoms with E-state index in [1.807, 2.05) is 6.07 Å². The van der Waals surface area contributed by atoms with Crippen LogP contribution in [0.4, 0.5) is 13.2 Å². The average molecular weight is 367 g/mol. The standard InChI is InChI=1S/C23H33F3/c1-2-3-6-17-11-13-18(14-12-17)19-7-4-8-20(15-19)21-9-5-10-22(16-21)23(24,25)26/h5,9-10,16-20H,2-4,6-8,11-15H2,1H3. The van der Waals surface area contributed by atoms with Crippen molar-refractivity contribution in [3.05, 3.63) is 35.4 Å². The van der Waals surface area contributed by atoms with Crippen molar-refractivity contribution in [2.45, 2.75) is 89.6 Å². The third kappa shape index (κ3) is 5.04. The lowest BCUT2D eigenvalue weighted by atomic mass is 9.67. The Kier molecular flexibility index (Phi) is 6.69. The zero-order valence-corrected chi connectivity index (χ0v) is 16.0. The quantitative estimate of drug-likeness (QED) is 0.495. The van der Waals surface area contributed by atoms with Crippen molar-refractivity contribution in [3.63, 3.8) is 0 Å². The van der Waals surface area contributed by atoms with Gasteiger partial charge in [0, 0.05) is 0 Å². The Balaban J connectivity index is 1.58. The molecule has 0 saturated heterocycles. The molecule has 2 aliphatic carbocycles. The fourth-order valence-corrected chi connectivity index (χ4v) is 5.37. The minimum atomic E-state index is -4.24. The molecule has 0 nitrogen and oxygen atoms in total. The van der Waals surface area contributed by atoms with Crippen LogP contribution in [0.1, 0.15) is 94.6 Å². The van der Waals surface area contributed by atoms with E-state index < -0.39 is 11.7 Å². The van der Waals surface area contributed by atoms with Crippen LogP contribution in [0.15, 0.2) is 24.3 Å². The van der Waals surface area contributed by atoms with Gasteiger partial charge in [-0.05, 0) is 61.0 Å². The highest BCUT2D eigenvalue weighted by atomic mass is 19.4. The molecule has 0 aliphatic heterocycles. The summed E-state index contributed by atoms with van der Waals surface area (Å²) in [6, 6.07) is 6.08. The Morgan fingerprint density at radius 2 is 1.73 bits per heavy atom. The van der Waals surface area contributed by atoms with Crippen LogP contribution >= 0.6 is 0 Å². The van der Waals surface area contributed by atoms with Crippen molar-refractivity contribution >= 4 is 0 Å². The number of rotatable bonds is 5. The number of unbranched alkanes of at least 4 members (excludes halogenated alkanes) is 1. The first-order valence-electron chi connectivity index (χ1n) is 10.6. The first-order valence-corrected chi connectivity index (χ1v) is 10.6. The van der Waals surface area contributed by atoms with Crippen molar-refractivity contribution in [2.75, 3.05) is 0 Å². The largest absolute Gasteiger partial charge is 0.416 e. The van der Waals surface area contributed by atoms with E-state index in [-0.39, 0.29) is 0 Å². The lowest BCUT2D eigenvalue weighted by Gasteiger charge is -2.38. The molecule has 3 rings (SSSR count). The molecule has 1 aromatic rings. The molecule has 2 atom stereocenters. The number of benzene rings is 1. The van der Waals surface area contributed by atoms with Crippen molar-refractivity contribution in [3.8, 4) is 0 Å². The molecular formula is C23H33F3. The van der Waals surface area contributed by atoms with E-state index in [4.69, 9.17) is 0 Å². The monoisotopic (exact) mass is 366 g/mol. The van der Waals surface area contributed by atoms with Crippen LogP contribution in [0.25, 0.3) is 0 Å². The molecule has 0 N–H and O–H groups in total. The molecule has 0 amide bonds. The fraction of sp³-hybridized carbons (Fsp3) is 0.739. The number of halogens is 3. The maximum atomic E-state index is 13.0. The number of hydrogen-bond acceptors (Lipinski definition) is 0. The molecule has 0 heterocycles. The molecule has 0 radical (unpaired) electrons. The molecule has 3 heteroatoms. The maximum absolute atomic E-state index is 13.0. The topological polar surface area (TPSA) is 0 Å². The molecular weight excluding hydrogens is 333 g/mol. The SMILES string of the molecule is CCCCC1CCC(C2CCCC(c3cccc(C(F)(F)F)c3)C2)CC1. The van der Waals surface area contributed by atoms with Gasteiger partial charge in [-0.3, -0.25) is 0 Å². The smallest absolute Gasteiger partial charge is 0.166 e. The van der Waals surface area contributed by atoms with Crippen LogP contribution in [0, 0.1) is 17.8 Å². The van der Waals surface area contributed by atoms with Crippen molar-refractivity contribution < 1.29 is 13.2 Å². The van der Waals surface area contributed by atoms with Crippen molar-refractivity contribution in [1.29, 1.82) is 0 Å². The van der Waals surface area contributed by atoms with Crippen molar-refractivity contribution in [1.82, 2.24) is 0 Å². The highest BCUT2D eigenvalue weighted by Crippen LogP contribution is 2.45. The van der Waals surface area contributed by atoms with Crippen LogP contribution in [-0.4, -0.2) is 0 Å². The van der Waals surface area contributed by atoms with E-state index in [1.165, 1.54) is 69.9 Å². The summed E-state index contributed by atoms with van der Waals surface area (Å²) in [6.07, 6.45) is 9.81. The number of alkyl halides is 3. The minimum absolute atomic E-state index is 0.314. The molecule has 2 fully saturated rings. The van der Waals surface area contributed by atoms with Crippen LogP contribution in [0.5, 0.6) is 0 Å². The zero-order valence-electron chi connectivity index (χ0n) is 16.0. The first kappa shape index (κ1) is 19.8. The summed E-state index contributed by atoms with van der Waals surface area (Å²) in [5, 5.41) is 0. The van der Waals surface area contributed by atoms with Gasteiger partial charge in [0.1, 0.15) is 0 Å². The van der Waals surface area contributed by atoms with Gasteiger partial charge in [0.2, 0.25) is 0 Å². The molecule has 146 valence electrons. The molecule has 2 unspecified atom stereocenters. The lowest BCUT2D eigenvalue weighted by molar-refractivity contribution is -0.137. The Morgan fingerprint density at radius 1 is 0.962 bits per heavy atom. The van der Waals surface area contributed by atoms with E-state index in [2.05, 4.69) is 6.92 Å². The van der Waals surface area contributed by atoms with Gasteiger partial charge >= 0.3 is 6.18 Å². The van der Waals surface area contributed by atoms with Gasteiger partial charge in [0.05, 0.1) is 5.56 Å². The predicted octanol–water partition coefficient (Wildman–Crippen LogP) is 7.98. The second-order valence-electron chi connectivity index (χ2n) is 8.67. The third-order valence-electron chi connectivity index (χ3n) is 6.92.